The molecule has 2 aromatic rings. The smallest absolute Gasteiger partial charge is 0.272 e. The summed E-state index contributed by atoms with van der Waals surface area (Å²) in [6.45, 7) is 3.70. The van der Waals surface area contributed by atoms with Gasteiger partial charge in [-0.15, -0.1) is 0 Å². The van der Waals surface area contributed by atoms with Crippen LogP contribution in [0.5, 0.6) is 0 Å². The van der Waals surface area contributed by atoms with Gasteiger partial charge in [0.1, 0.15) is 5.69 Å². The Morgan fingerprint density at radius 2 is 1.83 bits per heavy atom. The summed E-state index contributed by atoms with van der Waals surface area (Å²) in [4.78, 5) is 20.5. The zero-order valence-electron chi connectivity index (χ0n) is 14.2. The van der Waals surface area contributed by atoms with Crippen molar-refractivity contribution in [2.24, 2.45) is 0 Å². The van der Waals surface area contributed by atoms with Crippen molar-refractivity contribution in [2.45, 2.75) is 26.3 Å². The second-order valence-corrected chi connectivity index (χ2v) is 5.82. The van der Waals surface area contributed by atoms with Gasteiger partial charge in [-0.25, -0.2) is 4.98 Å². The Kier molecular flexibility index (Phi) is 6.15. The Balaban J connectivity index is 1.99. The fourth-order valence-electron chi connectivity index (χ4n) is 2.38. The van der Waals surface area contributed by atoms with Gasteiger partial charge in [0.15, 0.2) is 0 Å². The van der Waals surface area contributed by atoms with Crippen molar-refractivity contribution in [3.63, 3.8) is 0 Å². The Bertz CT molecular complexity index is 610. The lowest BCUT2D eigenvalue weighted by atomic mass is 10.2. The second-order valence-electron chi connectivity index (χ2n) is 5.82. The van der Waals surface area contributed by atoms with E-state index >= 15 is 0 Å². The average Bonchev–Trinajstić information content (AvgIpc) is 2.60. The summed E-state index contributed by atoms with van der Waals surface area (Å²) in [6.07, 6.45) is 3.86. The van der Waals surface area contributed by atoms with Crippen molar-refractivity contribution >= 4 is 11.6 Å². The number of benzene rings is 1. The summed E-state index contributed by atoms with van der Waals surface area (Å²) in [7, 11) is 3.86. The lowest BCUT2D eigenvalue weighted by molar-refractivity contribution is 0.0787. The van der Waals surface area contributed by atoms with Gasteiger partial charge >= 0.3 is 0 Å². The number of carbonyl (C=O) groups is 1. The van der Waals surface area contributed by atoms with Crippen LogP contribution in [0, 0.1) is 0 Å². The Morgan fingerprint density at radius 3 is 2.43 bits per heavy atom. The van der Waals surface area contributed by atoms with Crippen LogP contribution in [0.1, 0.15) is 35.8 Å². The molecule has 0 saturated heterocycles. The number of anilines is 1. The van der Waals surface area contributed by atoms with Crippen LogP contribution in [0.15, 0.2) is 48.7 Å². The molecule has 4 nitrogen and oxygen atoms in total. The van der Waals surface area contributed by atoms with E-state index in [2.05, 4.69) is 28.9 Å². The predicted molar refractivity (Wildman–Crippen MR) is 94.7 cm³/mol. The summed E-state index contributed by atoms with van der Waals surface area (Å²) in [5.41, 5.74) is 2.75. The van der Waals surface area contributed by atoms with Crippen LogP contribution in [-0.2, 0) is 6.54 Å². The molecular weight excluding hydrogens is 286 g/mol. The number of hydrogen-bond acceptors (Lipinski definition) is 3. The van der Waals surface area contributed by atoms with E-state index in [0.29, 0.717) is 5.69 Å². The minimum absolute atomic E-state index is 0.0179. The molecule has 0 aliphatic heterocycles. The fourth-order valence-corrected chi connectivity index (χ4v) is 2.38. The first kappa shape index (κ1) is 17.0. The maximum atomic E-state index is 12.3. The highest BCUT2D eigenvalue weighted by Crippen LogP contribution is 2.15. The number of hydrogen-bond donors (Lipinski definition) is 0. The topological polar surface area (TPSA) is 36.4 Å². The van der Waals surface area contributed by atoms with E-state index in [1.54, 1.807) is 11.1 Å². The molecule has 0 spiro atoms. The number of carbonyl (C=O) groups excluding carboxylic acids is 1. The maximum absolute atomic E-state index is 12.3. The third kappa shape index (κ3) is 4.81. The van der Waals surface area contributed by atoms with E-state index in [4.69, 9.17) is 0 Å². The summed E-state index contributed by atoms with van der Waals surface area (Å²) in [5, 5.41) is 0. The van der Waals surface area contributed by atoms with E-state index in [1.807, 2.05) is 44.4 Å². The van der Waals surface area contributed by atoms with Crippen LogP contribution in [0.4, 0.5) is 5.69 Å². The molecule has 1 amide bonds. The number of unbranched alkanes of at least 4 members (excludes halogenated alkanes) is 1. The minimum atomic E-state index is -0.0179. The van der Waals surface area contributed by atoms with Gasteiger partial charge in [0.2, 0.25) is 0 Å². The molecule has 4 heteroatoms. The molecule has 0 N–H and O–H groups in total. The molecule has 0 aliphatic carbocycles. The first-order valence-corrected chi connectivity index (χ1v) is 8.08. The molecule has 1 aromatic carbocycles. The molecule has 0 fully saturated rings. The van der Waals surface area contributed by atoms with Crippen molar-refractivity contribution in [1.82, 2.24) is 9.88 Å². The predicted octanol–water partition coefficient (Wildman–Crippen LogP) is 3.59. The number of aromatic nitrogens is 1. The highest BCUT2D eigenvalue weighted by Gasteiger charge is 2.13. The van der Waals surface area contributed by atoms with Crippen LogP contribution >= 0.6 is 0 Å². The summed E-state index contributed by atoms with van der Waals surface area (Å²) < 4.78 is 0. The standard InChI is InChI=1S/C19H25N3O/c1-4-5-13-21(2)19(23)18-12-11-17(14-20-18)22(3)15-16-9-7-6-8-10-16/h6-12,14H,4-5,13,15H2,1-3H3. The van der Waals surface area contributed by atoms with Gasteiger partial charge in [0, 0.05) is 27.2 Å². The van der Waals surface area contributed by atoms with Gasteiger partial charge in [0.05, 0.1) is 11.9 Å². The van der Waals surface area contributed by atoms with Crippen molar-refractivity contribution < 1.29 is 4.79 Å². The molecule has 0 saturated carbocycles. The molecule has 0 radical (unpaired) electrons. The van der Waals surface area contributed by atoms with Crippen molar-refractivity contribution in [1.29, 1.82) is 0 Å². The van der Waals surface area contributed by atoms with E-state index in [0.717, 1.165) is 31.6 Å². The van der Waals surface area contributed by atoms with E-state index < -0.39 is 0 Å². The number of pyridine rings is 1. The zero-order chi connectivity index (χ0) is 16.7. The highest BCUT2D eigenvalue weighted by molar-refractivity contribution is 5.92. The molecule has 2 rings (SSSR count). The third-order valence-corrected chi connectivity index (χ3v) is 3.86. The highest BCUT2D eigenvalue weighted by atomic mass is 16.2. The van der Waals surface area contributed by atoms with E-state index in [1.165, 1.54) is 5.56 Å². The molecule has 23 heavy (non-hydrogen) atoms. The number of nitrogens with zero attached hydrogens (tertiary/aromatic N) is 3. The Morgan fingerprint density at radius 1 is 1.09 bits per heavy atom. The average molecular weight is 311 g/mol. The fraction of sp³-hybridized carbons (Fsp3) is 0.368. The maximum Gasteiger partial charge on any atom is 0.272 e. The minimum Gasteiger partial charge on any atom is -0.369 e. The molecule has 0 bridgehead atoms. The molecule has 1 aromatic heterocycles. The molecular formula is C19H25N3O. The lowest BCUT2D eigenvalue weighted by Gasteiger charge is -2.20. The van der Waals surface area contributed by atoms with Crippen molar-refractivity contribution in [3.8, 4) is 0 Å². The summed E-state index contributed by atoms with van der Waals surface area (Å²) in [6, 6.07) is 14.1. The van der Waals surface area contributed by atoms with Crippen LogP contribution in [0.2, 0.25) is 0 Å². The molecule has 0 atom stereocenters. The molecule has 1 heterocycles. The third-order valence-electron chi connectivity index (χ3n) is 3.86. The van der Waals surface area contributed by atoms with Crippen LogP contribution in [-0.4, -0.2) is 36.4 Å². The quantitative estimate of drug-likeness (QED) is 0.784. The molecule has 0 aliphatic rings. The molecule has 122 valence electrons. The van der Waals surface area contributed by atoms with Gasteiger partial charge in [0.25, 0.3) is 5.91 Å². The zero-order valence-corrected chi connectivity index (χ0v) is 14.2. The monoisotopic (exact) mass is 311 g/mol. The van der Waals surface area contributed by atoms with E-state index in [-0.39, 0.29) is 5.91 Å². The van der Waals surface area contributed by atoms with Crippen molar-refractivity contribution in [2.75, 3.05) is 25.5 Å². The second kappa shape index (κ2) is 8.32. The van der Waals surface area contributed by atoms with Crippen LogP contribution in [0.25, 0.3) is 0 Å². The summed E-state index contributed by atoms with van der Waals surface area (Å²) >= 11 is 0. The van der Waals surface area contributed by atoms with Crippen LogP contribution < -0.4 is 4.90 Å². The molecule has 0 unspecified atom stereocenters. The summed E-state index contributed by atoms with van der Waals surface area (Å²) in [5.74, 6) is -0.0179. The normalized spacial score (nSPS) is 10.4. The van der Waals surface area contributed by atoms with Gasteiger partial charge in [-0.3, -0.25) is 4.79 Å². The van der Waals surface area contributed by atoms with Crippen molar-refractivity contribution in [3.05, 3.63) is 59.9 Å². The number of amides is 1. The first-order chi connectivity index (χ1) is 11.1. The Hall–Kier alpha value is -2.36. The largest absolute Gasteiger partial charge is 0.369 e. The van der Waals surface area contributed by atoms with Gasteiger partial charge in [-0.2, -0.15) is 0 Å². The number of rotatable bonds is 7. The lowest BCUT2D eigenvalue weighted by Crippen LogP contribution is -2.28. The van der Waals surface area contributed by atoms with Crippen LogP contribution in [0.3, 0.4) is 0 Å². The van der Waals surface area contributed by atoms with Gasteiger partial charge in [-0.05, 0) is 24.1 Å². The van der Waals surface area contributed by atoms with Gasteiger partial charge in [-0.1, -0.05) is 43.7 Å². The van der Waals surface area contributed by atoms with Gasteiger partial charge < -0.3 is 9.80 Å². The van der Waals surface area contributed by atoms with E-state index in [9.17, 15) is 4.79 Å². The SMILES string of the molecule is CCCCN(C)C(=O)c1ccc(N(C)Cc2ccccc2)cn1. The Labute approximate surface area is 138 Å². The first-order valence-electron chi connectivity index (χ1n) is 8.08.